The van der Waals surface area contributed by atoms with Gasteiger partial charge < -0.3 is 10.1 Å². The lowest BCUT2D eigenvalue weighted by molar-refractivity contribution is -0.104. The van der Waals surface area contributed by atoms with E-state index in [1.165, 1.54) is 6.07 Å². The molecule has 0 radical (unpaired) electrons. The van der Waals surface area contributed by atoms with E-state index in [1.807, 2.05) is 6.07 Å². The molecule has 3 nitrogen and oxygen atoms in total. The molecule has 0 saturated carbocycles. The highest BCUT2D eigenvalue weighted by Crippen LogP contribution is 2.40. The summed E-state index contributed by atoms with van der Waals surface area (Å²) in [6, 6.07) is 5.46. The second-order valence-corrected chi connectivity index (χ2v) is 6.39. The Bertz CT molecular complexity index is 479. The molecule has 19 heavy (non-hydrogen) atoms. The van der Waals surface area contributed by atoms with Crippen LogP contribution in [-0.2, 0) is 10.2 Å². The Balaban J connectivity index is 2.00. The molecule has 1 unspecified atom stereocenters. The number of halogens is 2. The molecule has 2 fully saturated rings. The van der Waals surface area contributed by atoms with Gasteiger partial charge >= 0.3 is 0 Å². The minimum Gasteiger partial charge on any atom is -0.379 e. The molecule has 2 aliphatic heterocycles. The Labute approximate surface area is 121 Å². The maximum Gasteiger partial charge on any atom is 0.127 e. The van der Waals surface area contributed by atoms with E-state index in [-0.39, 0.29) is 17.3 Å². The van der Waals surface area contributed by atoms with E-state index >= 15 is 0 Å². The van der Waals surface area contributed by atoms with Crippen LogP contribution in [0.2, 0.25) is 0 Å². The Morgan fingerprint density at radius 2 is 2.26 bits per heavy atom. The Morgan fingerprint density at radius 1 is 1.47 bits per heavy atom. The highest BCUT2D eigenvalue weighted by Gasteiger charge is 2.50. The van der Waals surface area contributed by atoms with Crippen molar-refractivity contribution in [3.05, 3.63) is 34.1 Å². The second kappa shape index (κ2) is 5.13. The standard InChI is InChI=1S/C14H18BrFN2O/c1-18-5-4-17-7-13(18)14(8-19-9-14)11-6-10(15)2-3-12(11)16/h2-3,6,13,17H,4-5,7-9H2,1H3. The molecule has 2 heterocycles. The zero-order valence-electron chi connectivity index (χ0n) is 11.0. The molecule has 0 spiro atoms. The molecular formula is C14H18BrFN2O. The molecule has 104 valence electrons. The van der Waals surface area contributed by atoms with Gasteiger partial charge in [-0.1, -0.05) is 15.9 Å². The highest BCUT2D eigenvalue weighted by molar-refractivity contribution is 9.10. The average Bonchev–Trinajstić information content (AvgIpc) is 2.34. The third-order valence-electron chi connectivity index (χ3n) is 4.33. The first-order valence-electron chi connectivity index (χ1n) is 6.58. The molecule has 1 aromatic rings. The van der Waals surface area contributed by atoms with Crippen LogP contribution in [0, 0.1) is 5.82 Å². The van der Waals surface area contributed by atoms with Gasteiger partial charge in [0.1, 0.15) is 5.82 Å². The lowest BCUT2D eigenvalue weighted by atomic mass is 9.71. The van der Waals surface area contributed by atoms with Gasteiger partial charge in [-0.25, -0.2) is 4.39 Å². The smallest absolute Gasteiger partial charge is 0.127 e. The minimum absolute atomic E-state index is 0.134. The number of hydrogen-bond acceptors (Lipinski definition) is 3. The SMILES string of the molecule is CN1CCNCC1C1(c2cc(Br)ccc2F)COC1. The normalized spacial score (nSPS) is 27.0. The number of nitrogens with one attached hydrogen (secondary N) is 1. The summed E-state index contributed by atoms with van der Waals surface area (Å²) in [7, 11) is 2.11. The van der Waals surface area contributed by atoms with Crippen molar-refractivity contribution in [1.82, 2.24) is 10.2 Å². The van der Waals surface area contributed by atoms with Gasteiger partial charge in [-0.3, -0.25) is 4.90 Å². The monoisotopic (exact) mass is 328 g/mol. The van der Waals surface area contributed by atoms with E-state index in [1.54, 1.807) is 6.07 Å². The van der Waals surface area contributed by atoms with E-state index in [2.05, 4.69) is 33.2 Å². The first kappa shape index (κ1) is 13.5. The molecule has 0 aromatic heterocycles. The van der Waals surface area contributed by atoms with E-state index < -0.39 is 0 Å². The van der Waals surface area contributed by atoms with Gasteiger partial charge in [0.05, 0.1) is 18.6 Å². The molecule has 0 bridgehead atoms. The lowest BCUT2D eigenvalue weighted by Gasteiger charge is -2.52. The van der Waals surface area contributed by atoms with Crippen LogP contribution in [0.4, 0.5) is 4.39 Å². The fourth-order valence-corrected chi connectivity index (χ4v) is 3.51. The maximum absolute atomic E-state index is 14.3. The Kier molecular flexibility index (Phi) is 3.64. The molecule has 2 saturated heterocycles. The topological polar surface area (TPSA) is 24.5 Å². The summed E-state index contributed by atoms with van der Waals surface area (Å²) in [5.41, 5.74) is 0.546. The average molecular weight is 329 g/mol. The molecule has 0 aliphatic carbocycles. The quantitative estimate of drug-likeness (QED) is 0.895. The van der Waals surface area contributed by atoms with Crippen molar-refractivity contribution in [3.8, 4) is 0 Å². The molecule has 3 rings (SSSR count). The van der Waals surface area contributed by atoms with Gasteiger partial charge in [0.2, 0.25) is 0 Å². The molecule has 0 amide bonds. The molecule has 5 heteroatoms. The lowest BCUT2D eigenvalue weighted by Crippen LogP contribution is -2.66. The van der Waals surface area contributed by atoms with E-state index in [9.17, 15) is 4.39 Å². The number of rotatable bonds is 2. The molecular weight excluding hydrogens is 311 g/mol. The van der Waals surface area contributed by atoms with Gasteiger partial charge in [-0.15, -0.1) is 0 Å². The van der Waals surface area contributed by atoms with Crippen molar-refractivity contribution in [1.29, 1.82) is 0 Å². The van der Waals surface area contributed by atoms with E-state index in [0.717, 1.165) is 29.7 Å². The van der Waals surface area contributed by atoms with Crippen LogP contribution in [0.25, 0.3) is 0 Å². The Hall–Kier alpha value is -0.490. The zero-order chi connectivity index (χ0) is 13.5. The van der Waals surface area contributed by atoms with Crippen molar-refractivity contribution < 1.29 is 9.13 Å². The third kappa shape index (κ3) is 2.23. The van der Waals surface area contributed by atoms with Crippen LogP contribution in [0.5, 0.6) is 0 Å². The minimum atomic E-state index is -0.226. The number of benzene rings is 1. The molecule has 2 aliphatic rings. The van der Waals surface area contributed by atoms with Crippen LogP contribution in [0.1, 0.15) is 5.56 Å². The summed E-state index contributed by atoms with van der Waals surface area (Å²) in [5.74, 6) is -0.134. The first-order chi connectivity index (χ1) is 9.13. The van der Waals surface area contributed by atoms with Gasteiger partial charge in [0, 0.05) is 35.7 Å². The molecule has 1 atom stereocenters. The highest BCUT2D eigenvalue weighted by atomic mass is 79.9. The van der Waals surface area contributed by atoms with Gasteiger partial charge in [-0.2, -0.15) is 0 Å². The van der Waals surface area contributed by atoms with Gasteiger partial charge in [0.15, 0.2) is 0 Å². The summed E-state index contributed by atoms with van der Waals surface area (Å²) in [5, 5.41) is 3.41. The van der Waals surface area contributed by atoms with Crippen LogP contribution >= 0.6 is 15.9 Å². The van der Waals surface area contributed by atoms with Gasteiger partial charge in [0.25, 0.3) is 0 Å². The summed E-state index contributed by atoms with van der Waals surface area (Å²) in [6.45, 7) is 4.05. The number of likely N-dealkylation sites (N-methyl/N-ethyl adjacent to an activating group) is 1. The van der Waals surface area contributed by atoms with Crippen molar-refractivity contribution in [2.45, 2.75) is 11.5 Å². The first-order valence-corrected chi connectivity index (χ1v) is 7.37. The maximum atomic E-state index is 14.3. The van der Waals surface area contributed by atoms with Crippen LogP contribution in [-0.4, -0.2) is 50.8 Å². The largest absolute Gasteiger partial charge is 0.379 e. The number of hydrogen-bond donors (Lipinski definition) is 1. The van der Waals surface area contributed by atoms with Crippen molar-refractivity contribution in [2.24, 2.45) is 0 Å². The number of piperazine rings is 1. The summed E-state index contributed by atoms with van der Waals surface area (Å²) in [6.07, 6.45) is 0. The van der Waals surface area contributed by atoms with Gasteiger partial charge in [-0.05, 0) is 25.2 Å². The van der Waals surface area contributed by atoms with Crippen LogP contribution in [0.15, 0.2) is 22.7 Å². The second-order valence-electron chi connectivity index (χ2n) is 5.47. The number of ether oxygens (including phenoxy) is 1. The van der Waals surface area contributed by atoms with E-state index in [0.29, 0.717) is 13.2 Å². The summed E-state index contributed by atoms with van der Waals surface area (Å²) in [4.78, 5) is 2.32. The van der Waals surface area contributed by atoms with Crippen LogP contribution in [0.3, 0.4) is 0 Å². The Morgan fingerprint density at radius 3 is 2.89 bits per heavy atom. The summed E-state index contributed by atoms with van der Waals surface area (Å²) >= 11 is 3.44. The van der Waals surface area contributed by atoms with Crippen molar-refractivity contribution in [2.75, 3.05) is 39.9 Å². The van der Waals surface area contributed by atoms with Crippen LogP contribution < -0.4 is 5.32 Å². The zero-order valence-corrected chi connectivity index (χ0v) is 12.5. The van der Waals surface area contributed by atoms with E-state index in [4.69, 9.17) is 4.74 Å². The van der Waals surface area contributed by atoms with Crippen molar-refractivity contribution in [3.63, 3.8) is 0 Å². The molecule has 1 aromatic carbocycles. The summed E-state index contributed by atoms with van der Waals surface area (Å²) < 4.78 is 20.6. The fraction of sp³-hybridized carbons (Fsp3) is 0.571. The van der Waals surface area contributed by atoms with Crippen molar-refractivity contribution >= 4 is 15.9 Å². The molecule has 1 N–H and O–H groups in total. The number of nitrogens with zero attached hydrogens (tertiary/aromatic N) is 1. The predicted molar refractivity (Wildman–Crippen MR) is 75.9 cm³/mol. The third-order valence-corrected chi connectivity index (χ3v) is 4.83. The fourth-order valence-electron chi connectivity index (χ4n) is 3.15. The predicted octanol–water partition coefficient (Wildman–Crippen LogP) is 1.76.